The van der Waals surface area contributed by atoms with E-state index in [0.29, 0.717) is 17.5 Å². The third-order valence-electron chi connectivity index (χ3n) is 7.06. The van der Waals surface area contributed by atoms with Gasteiger partial charge in [-0.3, -0.25) is 4.98 Å². The number of hydrogen-bond donors (Lipinski definition) is 0. The van der Waals surface area contributed by atoms with Crippen LogP contribution < -0.4 is 0 Å². The van der Waals surface area contributed by atoms with Gasteiger partial charge in [-0.25, -0.2) is 15.0 Å². The van der Waals surface area contributed by atoms with Crippen molar-refractivity contribution >= 4 is 10.8 Å². The van der Waals surface area contributed by atoms with Crippen LogP contribution in [0.1, 0.15) is 0 Å². The summed E-state index contributed by atoms with van der Waals surface area (Å²) in [6.45, 7) is 0. The quantitative estimate of drug-likeness (QED) is 0.231. The first kappa shape index (κ1) is 23.6. The third-order valence-corrected chi connectivity index (χ3v) is 7.06. The first-order valence-electron chi connectivity index (χ1n) is 13.2. The van der Waals surface area contributed by atoms with Gasteiger partial charge in [-0.15, -0.1) is 0 Å². The Morgan fingerprint density at radius 1 is 0.350 bits per heavy atom. The van der Waals surface area contributed by atoms with Crippen molar-refractivity contribution in [2.45, 2.75) is 0 Å². The maximum atomic E-state index is 5.07. The SMILES string of the molecule is c1ccc(-c2nc(-c3ccccc3)nc(-c3c(-c4ccc(-c5ccncc5)cc4)ccc4ccccc34)n2)cc1. The van der Waals surface area contributed by atoms with E-state index in [4.69, 9.17) is 15.0 Å². The Morgan fingerprint density at radius 2 is 0.875 bits per heavy atom. The Balaban J connectivity index is 1.46. The molecule has 4 heteroatoms. The fourth-order valence-electron chi connectivity index (χ4n) is 5.06. The van der Waals surface area contributed by atoms with Crippen LogP contribution in [-0.4, -0.2) is 19.9 Å². The summed E-state index contributed by atoms with van der Waals surface area (Å²) >= 11 is 0. The van der Waals surface area contributed by atoms with Crippen LogP contribution in [-0.2, 0) is 0 Å². The lowest BCUT2D eigenvalue weighted by molar-refractivity contribution is 1.08. The monoisotopic (exact) mass is 512 g/mol. The van der Waals surface area contributed by atoms with Crippen molar-refractivity contribution in [1.29, 1.82) is 0 Å². The number of fused-ring (bicyclic) bond motifs is 1. The van der Waals surface area contributed by atoms with Crippen LogP contribution in [0.3, 0.4) is 0 Å². The largest absolute Gasteiger partial charge is 0.265 e. The topological polar surface area (TPSA) is 51.6 Å². The number of hydrogen-bond acceptors (Lipinski definition) is 4. The highest BCUT2D eigenvalue weighted by Gasteiger charge is 2.18. The van der Waals surface area contributed by atoms with E-state index in [2.05, 4.69) is 65.6 Å². The molecule has 0 atom stereocenters. The van der Waals surface area contributed by atoms with Crippen molar-refractivity contribution < 1.29 is 0 Å². The van der Waals surface area contributed by atoms with Gasteiger partial charge in [-0.1, -0.05) is 121 Å². The van der Waals surface area contributed by atoms with Crippen LogP contribution in [0.15, 0.2) is 146 Å². The second-order valence-corrected chi connectivity index (χ2v) is 9.56. The van der Waals surface area contributed by atoms with Crippen LogP contribution in [0.5, 0.6) is 0 Å². The molecule has 0 bridgehead atoms. The summed E-state index contributed by atoms with van der Waals surface area (Å²) < 4.78 is 0. The van der Waals surface area contributed by atoms with Crippen molar-refractivity contribution in [3.8, 4) is 56.4 Å². The molecule has 0 unspecified atom stereocenters. The molecule has 188 valence electrons. The standard InChI is InChI=1S/C36H24N4/c1-3-10-29(11-4-1)34-38-35(30-12-5-2-6-13-30)40-36(39-34)33-31-14-8-7-9-27(31)19-20-32(33)28-17-15-25(16-18-28)26-21-23-37-24-22-26/h1-24H. The van der Waals surface area contributed by atoms with Crippen LogP contribution in [0.2, 0.25) is 0 Å². The van der Waals surface area contributed by atoms with Crippen molar-refractivity contribution in [2.75, 3.05) is 0 Å². The molecular weight excluding hydrogens is 488 g/mol. The third kappa shape index (κ3) is 4.52. The summed E-state index contributed by atoms with van der Waals surface area (Å²) in [6.07, 6.45) is 3.64. The molecule has 4 nitrogen and oxygen atoms in total. The van der Waals surface area contributed by atoms with Gasteiger partial charge in [0.2, 0.25) is 0 Å². The molecule has 0 saturated heterocycles. The zero-order valence-corrected chi connectivity index (χ0v) is 21.6. The minimum atomic E-state index is 0.649. The minimum Gasteiger partial charge on any atom is -0.265 e. The normalized spacial score (nSPS) is 11.0. The van der Waals surface area contributed by atoms with Gasteiger partial charge in [-0.05, 0) is 45.2 Å². The molecule has 0 aliphatic rings. The van der Waals surface area contributed by atoms with Crippen molar-refractivity contribution in [1.82, 2.24) is 19.9 Å². The van der Waals surface area contributed by atoms with Gasteiger partial charge in [0.05, 0.1) is 0 Å². The second kappa shape index (κ2) is 10.4. The van der Waals surface area contributed by atoms with Crippen LogP contribution in [0.4, 0.5) is 0 Å². The molecule has 0 fully saturated rings. The Labute approximate surface area is 232 Å². The summed E-state index contributed by atoms with van der Waals surface area (Å²) in [4.78, 5) is 19.2. The number of rotatable bonds is 5. The fraction of sp³-hybridized carbons (Fsp3) is 0. The molecule has 0 aliphatic heterocycles. The number of benzene rings is 5. The molecule has 0 amide bonds. The predicted octanol–water partition coefficient (Wildman–Crippen LogP) is 8.75. The average Bonchev–Trinajstić information content (AvgIpc) is 3.05. The second-order valence-electron chi connectivity index (χ2n) is 9.56. The van der Waals surface area contributed by atoms with E-state index in [-0.39, 0.29) is 0 Å². The molecule has 0 saturated carbocycles. The van der Waals surface area contributed by atoms with E-state index in [1.807, 2.05) is 85.2 Å². The van der Waals surface area contributed by atoms with Gasteiger partial charge in [-0.2, -0.15) is 0 Å². The highest BCUT2D eigenvalue weighted by molar-refractivity contribution is 6.03. The Morgan fingerprint density at radius 3 is 1.52 bits per heavy atom. The summed E-state index contributed by atoms with van der Waals surface area (Å²) in [5.41, 5.74) is 7.35. The van der Waals surface area contributed by atoms with Crippen molar-refractivity contribution in [2.24, 2.45) is 0 Å². The molecule has 7 rings (SSSR count). The van der Waals surface area contributed by atoms with E-state index in [0.717, 1.165) is 49.7 Å². The van der Waals surface area contributed by atoms with E-state index in [9.17, 15) is 0 Å². The van der Waals surface area contributed by atoms with Gasteiger partial charge in [0.25, 0.3) is 0 Å². The first-order valence-corrected chi connectivity index (χ1v) is 13.2. The van der Waals surface area contributed by atoms with Crippen LogP contribution in [0, 0.1) is 0 Å². The average molecular weight is 513 g/mol. The number of nitrogens with zero attached hydrogens (tertiary/aromatic N) is 4. The lowest BCUT2D eigenvalue weighted by Gasteiger charge is -2.15. The molecule has 0 radical (unpaired) electrons. The maximum absolute atomic E-state index is 5.07. The highest BCUT2D eigenvalue weighted by Crippen LogP contribution is 2.38. The molecular formula is C36H24N4. The molecule has 7 aromatic rings. The van der Waals surface area contributed by atoms with Crippen LogP contribution >= 0.6 is 0 Å². The molecule has 40 heavy (non-hydrogen) atoms. The summed E-state index contributed by atoms with van der Waals surface area (Å²) in [5.74, 6) is 1.95. The minimum absolute atomic E-state index is 0.649. The predicted molar refractivity (Wildman–Crippen MR) is 162 cm³/mol. The van der Waals surface area contributed by atoms with Gasteiger partial charge in [0, 0.05) is 29.1 Å². The van der Waals surface area contributed by atoms with Crippen molar-refractivity contribution in [3.63, 3.8) is 0 Å². The number of aromatic nitrogens is 4. The van der Waals surface area contributed by atoms with E-state index >= 15 is 0 Å². The van der Waals surface area contributed by atoms with Gasteiger partial charge < -0.3 is 0 Å². The molecule has 2 aromatic heterocycles. The molecule has 0 spiro atoms. The Hall–Kier alpha value is -5.48. The smallest absolute Gasteiger partial charge is 0.165 e. The maximum Gasteiger partial charge on any atom is 0.165 e. The summed E-state index contributed by atoms with van der Waals surface area (Å²) in [5, 5.41) is 2.24. The van der Waals surface area contributed by atoms with E-state index in [1.54, 1.807) is 0 Å². The molecule has 5 aromatic carbocycles. The fourth-order valence-corrected chi connectivity index (χ4v) is 5.06. The summed E-state index contributed by atoms with van der Waals surface area (Å²) in [6, 6.07) is 45.6. The van der Waals surface area contributed by atoms with Gasteiger partial charge in [0.15, 0.2) is 17.5 Å². The summed E-state index contributed by atoms with van der Waals surface area (Å²) in [7, 11) is 0. The van der Waals surface area contributed by atoms with Gasteiger partial charge in [0.1, 0.15) is 0 Å². The molecule has 2 heterocycles. The van der Waals surface area contributed by atoms with Crippen molar-refractivity contribution in [3.05, 3.63) is 146 Å². The van der Waals surface area contributed by atoms with E-state index in [1.165, 1.54) is 0 Å². The first-order chi connectivity index (χ1) is 19.8. The lowest BCUT2D eigenvalue weighted by atomic mass is 9.92. The lowest BCUT2D eigenvalue weighted by Crippen LogP contribution is -2.01. The molecule has 0 aliphatic carbocycles. The zero-order valence-electron chi connectivity index (χ0n) is 21.6. The van der Waals surface area contributed by atoms with Gasteiger partial charge >= 0.3 is 0 Å². The zero-order chi connectivity index (χ0) is 26.7. The van der Waals surface area contributed by atoms with Crippen LogP contribution in [0.25, 0.3) is 67.2 Å². The highest BCUT2D eigenvalue weighted by atomic mass is 15.0. The Kier molecular flexibility index (Phi) is 6.11. The Bertz CT molecular complexity index is 1860. The van der Waals surface area contributed by atoms with E-state index < -0.39 is 0 Å². The number of pyridine rings is 1. The molecule has 0 N–H and O–H groups in total.